The minimum absolute atomic E-state index is 0.00991. The fourth-order valence-electron chi connectivity index (χ4n) is 0.387. The van der Waals surface area contributed by atoms with E-state index in [4.69, 9.17) is 4.74 Å². The van der Waals surface area contributed by atoms with Gasteiger partial charge in [0.05, 0.1) is 20.3 Å². The second-order valence-electron chi connectivity index (χ2n) is 1.59. The molecule has 0 rings (SSSR count). The Morgan fingerprint density at radius 2 is 1.91 bits per heavy atom. The minimum atomic E-state index is -3.78. The van der Waals surface area contributed by atoms with Crippen LogP contribution in [0.2, 0.25) is 0 Å². The Labute approximate surface area is 66.6 Å². The van der Waals surface area contributed by atoms with E-state index in [1.807, 2.05) is 6.92 Å². The van der Waals surface area contributed by atoms with Crippen molar-refractivity contribution in [3.8, 4) is 0 Å². The van der Waals surface area contributed by atoms with Crippen LogP contribution in [0.15, 0.2) is 0 Å². The largest absolute Gasteiger partial charge is 0.399 e. The van der Waals surface area contributed by atoms with E-state index in [2.05, 4.69) is 8.37 Å². The lowest BCUT2D eigenvalue weighted by Crippen LogP contribution is -2.12. The van der Waals surface area contributed by atoms with Crippen molar-refractivity contribution in [3.05, 3.63) is 0 Å². The molecule has 0 atom stereocenters. The van der Waals surface area contributed by atoms with Crippen LogP contribution in [0, 0.1) is 0 Å². The molecule has 0 aromatic rings. The van der Waals surface area contributed by atoms with E-state index >= 15 is 0 Å². The first-order valence-electron chi connectivity index (χ1n) is 3.15. The van der Waals surface area contributed by atoms with Gasteiger partial charge in [0.2, 0.25) is 0 Å². The molecule has 0 fully saturated rings. The first kappa shape index (κ1) is 10.8. The highest BCUT2D eigenvalue weighted by molar-refractivity contribution is 7.81. The fraction of sp³-hybridized carbons (Fsp3) is 1.00. The summed E-state index contributed by atoms with van der Waals surface area (Å²) in [6.45, 7) is 2.59. The normalized spacial score (nSPS) is 11.8. The predicted molar refractivity (Wildman–Crippen MR) is 38.4 cm³/mol. The molecule has 0 N–H and O–H groups in total. The molecule has 0 unspecified atom stereocenters. The fourth-order valence-corrected chi connectivity index (χ4v) is 0.756. The average molecular weight is 184 g/mol. The third-order valence-corrected chi connectivity index (χ3v) is 1.73. The summed E-state index contributed by atoms with van der Waals surface area (Å²) in [6.07, 6.45) is 0. The first-order chi connectivity index (χ1) is 5.12. The van der Waals surface area contributed by atoms with Gasteiger partial charge in [0, 0.05) is 6.61 Å². The van der Waals surface area contributed by atoms with Crippen molar-refractivity contribution in [3.63, 3.8) is 0 Å². The summed E-state index contributed by atoms with van der Waals surface area (Å²) in [5.74, 6) is 0. The van der Waals surface area contributed by atoms with Gasteiger partial charge in [0.1, 0.15) is 0 Å². The second kappa shape index (κ2) is 5.48. The summed E-state index contributed by atoms with van der Waals surface area (Å²) < 4.78 is 34.1. The van der Waals surface area contributed by atoms with Crippen molar-refractivity contribution >= 4 is 10.4 Å². The monoisotopic (exact) mass is 184 g/mol. The molecule has 0 radical (unpaired) electrons. The molecule has 0 aliphatic carbocycles. The molecule has 0 aliphatic rings. The van der Waals surface area contributed by atoms with Gasteiger partial charge < -0.3 is 4.74 Å². The summed E-state index contributed by atoms with van der Waals surface area (Å²) in [5, 5.41) is 0. The molecule has 68 valence electrons. The van der Waals surface area contributed by atoms with Crippen LogP contribution >= 0.6 is 0 Å². The molecule has 0 aliphatic heterocycles. The lowest BCUT2D eigenvalue weighted by atomic mass is 10.8. The second-order valence-corrected chi connectivity index (χ2v) is 2.98. The SMILES string of the molecule is CCOCCOS(=O)(=O)OC. The van der Waals surface area contributed by atoms with Crippen molar-refractivity contribution in [1.29, 1.82) is 0 Å². The van der Waals surface area contributed by atoms with Gasteiger partial charge in [0.25, 0.3) is 0 Å². The third kappa shape index (κ3) is 6.24. The van der Waals surface area contributed by atoms with Gasteiger partial charge in [-0.05, 0) is 6.92 Å². The van der Waals surface area contributed by atoms with Gasteiger partial charge in [-0.1, -0.05) is 0 Å². The highest BCUT2D eigenvalue weighted by Crippen LogP contribution is 1.91. The Balaban J connectivity index is 3.39. The van der Waals surface area contributed by atoms with Crippen LogP contribution in [0.1, 0.15) is 6.92 Å². The van der Waals surface area contributed by atoms with Gasteiger partial charge in [-0.3, -0.25) is 4.18 Å². The van der Waals surface area contributed by atoms with Gasteiger partial charge in [-0.2, -0.15) is 8.42 Å². The Kier molecular flexibility index (Phi) is 5.39. The van der Waals surface area contributed by atoms with E-state index in [9.17, 15) is 8.42 Å². The number of hydrogen-bond acceptors (Lipinski definition) is 5. The van der Waals surface area contributed by atoms with Crippen LogP contribution in [-0.2, 0) is 23.5 Å². The maximum Gasteiger partial charge on any atom is 0.399 e. The number of hydrogen-bond donors (Lipinski definition) is 0. The van der Waals surface area contributed by atoms with Crippen LogP contribution < -0.4 is 0 Å². The van der Waals surface area contributed by atoms with E-state index in [1.54, 1.807) is 0 Å². The molecule has 0 amide bonds. The smallest absolute Gasteiger partial charge is 0.379 e. The lowest BCUT2D eigenvalue weighted by Gasteiger charge is -2.01. The summed E-state index contributed by atoms with van der Waals surface area (Å²) in [5.41, 5.74) is 0. The van der Waals surface area contributed by atoms with Gasteiger partial charge in [-0.25, -0.2) is 4.18 Å². The molecule has 0 bridgehead atoms. The summed E-state index contributed by atoms with van der Waals surface area (Å²) in [7, 11) is -2.74. The summed E-state index contributed by atoms with van der Waals surface area (Å²) in [6, 6.07) is 0. The summed E-state index contributed by atoms with van der Waals surface area (Å²) in [4.78, 5) is 0. The van der Waals surface area contributed by atoms with E-state index < -0.39 is 10.4 Å². The predicted octanol–water partition coefficient (Wildman–Crippen LogP) is -0.0693. The Hall–Kier alpha value is -0.170. The van der Waals surface area contributed by atoms with Crippen molar-refractivity contribution in [2.24, 2.45) is 0 Å². The molecule has 0 saturated heterocycles. The lowest BCUT2D eigenvalue weighted by molar-refractivity contribution is 0.105. The quantitative estimate of drug-likeness (QED) is 0.541. The zero-order valence-electron chi connectivity index (χ0n) is 6.57. The molecule has 0 spiro atoms. The van der Waals surface area contributed by atoms with Gasteiger partial charge in [-0.15, -0.1) is 0 Å². The van der Waals surface area contributed by atoms with Gasteiger partial charge >= 0.3 is 10.4 Å². The third-order valence-electron chi connectivity index (χ3n) is 0.864. The Morgan fingerprint density at radius 1 is 1.27 bits per heavy atom. The molecular formula is C5H12O5S. The maximum atomic E-state index is 10.5. The van der Waals surface area contributed by atoms with E-state index in [-0.39, 0.29) is 13.2 Å². The zero-order chi connectivity index (χ0) is 8.74. The van der Waals surface area contributed by atoms with Crippen molar-refractivity contribution in [2.45, 2.75) is 6.92 Å². The highest BCUT2D eigenvalue weighted by atomic mass is 32.3. The number of rotatable bonds is 6. The standard InChI is InChI=1S/C5H12O5S/c1-3-9-4-5-10-11(6,7)8-2/h3-5H2,1-2H3. The van der Waals surface area contributed by atoms with Crippen LogP contribution in [-0.4, -0.2) is 35.3 Å². The maximum absolute atomic E-state index is 10.5. The molecule has 6 heteroatoms. The summed E-state index contributed by atoms with van der Waals surface area (Å²) >= 11 is 0. The topological polar surface area (TPSA) is 61.8 Å². The van der Waals surface area contributed by atoms with E-state index in [0.29, 0.717) is 6.61 Å². The van der Waals surface area contributed by atoms with Crippen LogP contribution in [0.4, 0.5) is 0 Å². The van der Waals surface area contributed by atoms with Crippen molar-refractivity contribution in [1.82, 2.24) is 0 Å². The van der Waals surface area contributed by atoms with E-state index in [0.717, 1.165) is 7.11 Å². The van der Waals surface area contributed by atoms with E-state index in [1.165, 1.54) is 0 Å². The molecular weight excluding hydrogens is 172 g/mol. The molecule has 11 heavy (non-hydrogen) atoms. The van der Waals surface area contributed by atoms with Crippen LogP contribution in [0.5, 0.6) is 0 Å². The Bertz CT molecular complexity index is 173. The van der Waals surface area contributed by atoms with Gasteiger partial charge in [0.15, 0.2) is 0 Å². The van der Waals surface area contributed by atoms with Crippen molar-refractivity contribution < 1.29 is 21.5 Å². The zero-order valence-corrected chi connectivity index (χ0v) is 7.39. The molecule has 0 heterocycles. The molecule has 5 nitrogen and oxygen atoms in total. The van der Waals surface area contributed by atoms with Crippen molar-refractivity contribution in [2.75, 3.05) is 26.9 Å². The first-order valence-corrected chi connectivity index (χ1v) is 4.48. The van der Waals surface area contributed by atoms with Crippen LogP contribution in [0.25, 0.3) is 0 Å². The van der Waals surface area contributed by atoms with Crippen LogP contribution in [0.3, 0.4) is 0 Å². The number of ether oxygens (including phenoxy) is 1. The molecule has 0 aromatic carbocycles. The highest BCUT2D eigenvalue weighted by Gasteiger charge is 2.06. The Morgan fingerprint density at radius 3 is 2.36 bits per heavy atom. The molecule has 0 aromatic heterocycles. The average Bonchev–Trinajstić information content (AvgIpc) is 1.99. The molecule has 0 saturated carbocycles. The minimum Gasteiger partial charge on any atom is -0.379 e.